The Morgan fingerprint density at radius 3 is 2.64 bits per heavy atom. The Bertz CT molecular complexity index is 433. The number of aryl methyl sites for hydroxylation is 1. The van der Waals surface area contributed by atoms with Crippen LogP contribution in [0.5, 0.6) is 0 Å². The summed E-state index contributed by atoms with van der Waals surface area (Å²) in [6.45, 7) is 2.02. The monoisotopic (exact) mass is 246 g/mol. The predicted molar refractivity (Wildman–Crippen MR) is 61.0 cm³/mol. The summed E-state index contributed by atoms with van der Waals surface area (Å²) >= 11 is 9.14. The lowest BCUT2D eigenvalue weighted by Crippen LogP contribution is -1.88. The second-order valence-corrected chi connectivity index (χ2v) is 5.65. The van der Waals surface area contributed by atoms with Gasteiger partial charge in [0.05, 0.1) is 4.88 Å². The topological polar surface area (TPSA) is 0 Å². The lowest BCUT2D eigenvalue weighted by atomic mass is 10.3. The summed E-state index contributed by atoms with van der Waals surface area (Å²) in [5, 5.41) is 1.38. The second-order valence-electron chi connectivity index (χ2n) is 2.94. The molecule has 0 aliphatic heterocycles. The summed E-state index contributed by atoms with van der Waals surface area (Å²) in [6.07, 6.45) is 0. The van der Waals surface area contributed by atoms with Gasteiger partial charge in [0, 0.05) is 9.75 Å². The van der Waals surface area contributed by atoms with E-state index in [2.05, 4.69) is 0 Å². The molecule has 1 unspecified atom stereocenters. The molecule has 0 aromatic carbocycles. The highest BCUT2D eigenvalue weighted by atomic mass is 35.5. The Morgan fingerprint density at radius 2 is 2.14 bits per heavy atom. The van der Waals surface area contributed by atoms with Crippen molar-refractivity contribution in [2.24, 2.45) is 0 Å². The second kappa shape index (κ2) is 4.01. The molecule has 4 heteroatoms. The minimum absolute atomic E-state index is 0.207. The van der Waals surface area contributed by atoms with E-state index >= 15 is 0 Å². The van der Waals surface area contributed by atoms with Crippen molar-refractivity contribution in [1.82, 2.24) is 0 Å². The summed E-state index contributed by atoms with van der Waals surface area (Å²) in [4.78, 5) is 2.81. The summed E-state index contributed by atoms with van der Waals surface area (Å²) in [7, 11) is 0. The van der Waals surface area contributed by atoms with Crippen LogP contribution in [0.4, 0.5) is 4.39 Å². The summed E-state index contributed by atoms with van der Waals surface area (Å²) < 4.78 is 13.2. The molecule has 0 N–H and O–H groups in total. The number of halogens is 2. The average Bonchev–Trinajstić information content (AvgIpc) is 2.73. The highest BCUT2D eigenvalue weighted by molar-refractivity contribution is 7.13. The summed E-state index contributed by atoms with van der Waals surface area (Å²) in [6, 6.07) is 5.41. The van der Waals surface area contributed by atoms with E-state index in [0.29, 0.717) is 4.88 Å². The number of thiophene rings is 2. The SMILES string of the molecule is Cc1ccc(C(Cl)c2sccc2F)s1. The van der Waals surface area contributed by atoms with Gasteiger partial charge in [0.15, 0.2) is 0 Å². The fourth-order valence-electron chi connectivity index (χ4n) is 1.21. The molecule has 0 saturated heterocycles. The van der Waals surface area contributed by atoms with Crippen LogP contribution in [0.3, 0.4) is 0 Å². The van der Waals surface area contributed by atoms with Crippen LogP contribution in [-0.2, 0) is 0 Å². The van der Waals surface area contributed by atoms with Crippen molar-refractivity contribution >= 4 is 34.3 Å². The van der Waals surface area contributed by atoms with Gasteiger partial charge in [-0.15, -0.1) is 34.3 Å². The third-order valence-corrected chi connectivity index (χ3v) is 4.62. The van der Waals surface area contributed by atoms with Crippen LogP contribution in [0.1, 0.15) is 20.0 Å². The molecule has 14 heavy (non-hydrogen) atoms. The smallest absolute Gasteiger partial charge is 0.138 e. The molecule has 0 saturated carbocycles. The highest BCUT2D eigenvalue weighted by Gasteiger charge is 2.17. The van der Waals surface area contributed by atoms with Gasteiger partial charge in [-0.05, 0) is 30.5 Å². The summed E-state index contributed by atoms with van der Waals surface area (Å²) in [5.74, 6) is -0.207. The van der Waals surface area contributed by atoms with Crippen LogP contribution in [0, 0.1) is 12.7 Å². The quantitative estimate of drug-likeness (QED) is 0.680. The van der Waals surface area contributed by atoms with E-state index in [4.69, 9.17) is 11.6 Å². The first-order valence-corrected chi connectivity index (χ1v) is 6.25. The zero-order valence-corrected chi connectivity index (χ0v) is 9.85. The predicted octanol–water partition coefficient (Wildman–Crippen LogP) is 4.59. The van der Waals surface area contributed by atoms with Gasteiger partial charge in [0.25, 0.3) is 0 Å². The van der Waals surface area contributed by atoms with Gasteiger partial charge in [-0.2, -0.15) is 0 Å². The Morgan fingerprint density at radius 1 is 1.36 bits per heavy atom. The van der Waals surface area contributed by atoms with E-state index in [-0.39, 0.29) is 11.2 Å². The third kappa shape index (κ3) is 1.85. The number of hydrogen-bond acceptors (Lipinski definition) is 2. The van der Waals surface area contributed by atoms with Crippen LogP contribution in [0.15, 0.2) is 23.6 Å². The molecule has 0 spiro atoms. The van der Waals surface area contributed by atoms with Crippen LogP contribution in [0.2, 0.25) is 0 Å². The molecule has 0 nitrogen and oxygen atoms in total. The Labute approximate surface area is 95.0 Å². The van der Waals surface area contributed by atoms with E-state index in [1.54, 1.807) is 16.7 Å². The largest absolute Gasteiger partial charge is 0.206 e. The van der Waals surface area contributed by atoms with E-state index in [0.717, 1.165) is 4.88 Å². The number of alkyl halides is 1. The van der Waals surface area contributed by atoms with Crippen molar-refractivity contribution in [2.45, 2.75) is 12.3 Å². The molecule has 0 aliphatic carbocycles. The van der Waals surface area contributed by atoms with Crippen molar-refractivity contribution in [3.63, 3.8) is 0 Å². The van der Waals surface area contributed by atoms with Crippen LogP contribution in [-0.4, -0.2) is 0 Å². The molecular weight excluding hydrogens is 239 g/mol. The lowest BCUT2D eigenvalue weighted by Gasteiger charge is -2.03. The fraction of sp³-hybridized carbons (Fsp3) is 0.200. The third-order valence-electron chi connectivity index (χ3n) is 1.89. The fourth-order valence-corrected chi connectivity index (χ4v) is 3.37. The Hall–Kier alpha value is -0.380. The van der Waals surface area contributed by atoms with E-state index in [1.165, 1.54) is 22.3 Å². The molecule has 0 radical (unpaired) electrons. The molecule has 2 aromatic heterocycles. The molecular formula is C10H8ClFS2. The van der Waals surface area contributed by atoms with E-state index in [1.807, 2.05) is 19.1 Å². The van der Waals surface area contributed by atoms with Crippen molar-refractivity contribution in [1.29, 1.82) is 0 Å². The molecule has 0 aliphatic rings. The maximum absolute atomic E-state index is 13.2. The van der Waals surface area contributed by atoms with Crippen LogP contribution >= 0.6 is 34.3 Å². The molecule has 2 heterocycles. The Kier molecular flexibility index (Phi) is 2.91. The molecule has 0 fully saturated rings. The minimum Gasteiger partial charge on any atom is -0.206 e. The van der Waals surface area contributed by atoms with Gasteiger partial charge in [-0.3, -0.25) is 0 Å². The van der Waals surface area contributed by atoms with Crippen LogP contribution < -0.4 is 0 Å². The first kappa shape index (κ1) is 10.1. The highest BCUT2D eigenvalue weighted by Crippen LogP contribution is 2.37. The maximum atomic E-state index is 13.2. The summed E-state index contributed by atoms with van der Waals surface area (Å²) in [5.41, 5.74) is 0. The van der Waals surface area contributed by atoms with Gasteiger partial charge in [0.2, 0.25) is 0 Å². The van der Waals surface area contributed by atoms with Gasteiger partial charge in [-0.25, -0.2) is 4.39 Å². The molecule has 0 bridgehead atoms. The first-order valence-electron chi connectivity index (χ1n) is 4.12. The van der Waals surface area contributed by atoms with Crippen LogP contribution in [0.25, 0.3) is 0 Å². The van der Waals surface area contributed by atoms with E-state index < -0.39 is 0 Å². The normalized spacial score (nSPS) is 13.1. The molecule has 2 aromatic rings. The molecule has 1 atom stereocenters. The lowest BCUT2D eigenvalue weighted by molar-refractivity contribution is 0.621. The zero-order chi connectivity index (χ0) is 10.1. The maximum Gasteiger partial charge on any atom is 0.138 e. The number of hydrogen-bond donors (Lipinski definition) is 0. The molecule has 74 valence electrons. The first-order chi connectivity index (χ1) is 6.68. The molecule has 2 rings (SSSR count). The molecule has 0 amide bonds. The van der Waals surface area contributed by atoms with Gasteiger partial charge in [0.1, 0.15) is 11.2 Å². The van der Waals surface area contributed by atoms with Gasteiger partial charge in [-0.1, -0.05) is 0 Å². The average molecular weight is 247 g/mol. The standard InChI is InChI=1S/C10H8ClFS2/c1-6-2-3-8(14-6)9(11)10-7(12)4-5-13-10/h2-5,9H,1H3. The number of rotatable bonds is 2. The van der Waals surface area contributed by atoms with Crippen molar-refractivity contribution in [3.05, 3.63) is 44.0 Å². The van der Waals surface area contributed by atoms with Gasteiger partial charge < -0.3 is 0 Å². The zero-order valence-electron chi connectivity index (χ0n) is 7.46. The van der Waals surface area contributed by atoms with Crippen molar-refractivity contribution in [2.75, 3.05) is 0 Å². The van der Waals surface area contributed by atoms with Gasteiger partial charge >= 0.3 is 0 Å². The van der Waals surface area contributed by atoms with E-state index in [9.17, 15) is 4.39 Å². The van der Waals surface area contributed by atoms with Crippen molar-refractivity contribution < 1.29 is 4.39 Å². The van der Waals surface area contributed by atoms with Crippen molar-refractivity contribution in [3.8, 4) is 0 Å². The minimum atomic E-state index is -0.339. The Balaban J connectivity index is 2.33.